The Hall–Kier alpha value is -1.35. The van der Waals surface area contributed by atoms with Crippen molar-refractivity contribution in [1.82, 2.24) is 4.90 Å². The molecule has 1 fully saturated rings. The molecule has 0 bridgehead atoms. The summed E-state index contributed by atoms with van der Waals surface area (Å²) in [6, 6.07) is 8.27. The van der Waals surface area contributed by atoms with Crippen LogP contribution in [0.4, 0.5) is 0 Å². The van der Waals surface area contributed by atoms with E-state index in [-0.39, 0.29) is 11.8 Å². The minimum absolute atomic E-state index is 0.158. The number of hydrogen-bond donors (Lipinski definition) is 1. The van der Waals surface area contributed by atoms with Crippen LogP contribution in [0.5, 0.6) is 0 Å². The number of carboxylic acid groups (broad SMARTS) is 1. The molecule has 0 aliphatic heterocycles. The third-order valence-corrected chi connectivity index (χ3v) is 2.99. The number of carbonyl (C=O) groups is 1. The first kappa shape index (κ1) is 11.1. The molecule has 1 aromatic rings. The zero-order chi connectivity index (χ0) is 11.7. The van der Waals surface area contributed by atoms with E-state index in [4.69, 9.17) is 5.11 Å². The van der Waals surface area contributed by atoms with Gasteiger partial charge in [0.05, 0.1) is 5.92 Å². The molecule has 1 aliphatic carbocycles. The molecule has 16 heavy (non-hydrogen) atoms. The van der Waals surface area contributed by atoms with E-state index in [9.17, 15) is 4.79 Å². The Kier molecular flexibility index (Phi) is 2.97. The fourth-order valence-corrected chi connectivity index (χ4v) is 2.12. The van der Waals surface area contributed by atoms with Gasteiger partial charge >= 0.3 is 5.97 Å². The first-order valence-corrected chi connectivity index (χ1v) is 5.54. The SMILES string of the molecule is CN(C)Cc1cccc([C@@H]2C[C@H]2C(=O)O)c1. The van der Waals surface area contributed by atoms with Crippen LogP contribution in [0.2, 0.25) is 0 Å². The Bertz CT molecular complexity index is 401. The van der Waals surface area contributed by atoms with Crippen molar-refractivity contribution in [2.75, 3.05) is 14.1 Å². The number of aliphatic carboxylic acids is 1. The lowest BCUT2D eigenvalue weighted by molar-refractivity contribution is -0.138. The average Bonchev–Trinajstić information content (AvgIpc) is 2.96. The van der Waals surface area contributed by atoms with Crippen LogP contribution in [0.15, 0.2) is 24.3 Å². The molecule has 2 atom stereocenters. The van der Waals surface area contributed by atoms with Crippen LogP contribution in [0.25, 0.3) is 0 Å². The van der Waals surface area contributed by atoms with Crippen LogP contribution >= 0.6 is 0 Å². The van der Waals surface area contributed by atoms with E-state index in [1.165, 1.54) is 11.1 Å². The third kappa shape index (κ3) is 2.42. The molecule has 0 spiro atoms. The van der Waals surface area contributed by atoms with Gasteiger partial charge in [0.2, 0.25) is 0 Å². The van der Waals surface area contributed by atoms with Crippen molar-refractivity contribution in [2.24, 2.45) is 5.92 Å². The van der Waals surface area contributed by atoms with E-state index in [0.29, 0.717) is 0 Å². The summed E-state index contributed by atoms with van der Waals surface area (Å²) in [5, 5.41) is 8.89. The predicted octanol–water partition coefficient (Wildman–Crippen LogP) is 1.94. The Balaban J connectivity index is 2.09. The van der Waals surface area contributed by atoms with Crippen molar-refractivity contribution in [3.05, 3.63) is 35.4 Å². The smallest absolute Gasteiger partial charge is 0.307 e. The predicted molar refractivity (Wildman–Crippen MR) is 62.3 cm³/mol. The number of hydrogen-bond acceptors (Lipinski definition) is 2. The second kappa shape index (κ2) is 4.26. The summed E-state index contributed by atoms with van der Waals surface area (Å²) in [5.74, 6) is -0.586. The van der Waals surface area contributed by atoms with Crippen molar-refractivity contribution in [2.45, 2.75) is 18.9 Å². The average molecular weight is 219 g/mol. The van der Waals surface area contributed by atoms with Gasteiger partial charge < -0.3 is 10.0 Å². The van der Waals surface area contributed by atoms with Gasteiger partial charge in [-0.25, -0.2) is 0 Å². The minimum Gasteiger partial charge on any atom is -0.481 e. The first-order chi connectivity index (χ1) is 7.58. The minimum atomic E-state index is -0.664. The van der Waals surface area contributed by atoms with Gasteiger partial charge in [0.15, 0.2) is 0 Å². The van der Waals surface area contributed by atoms with Gasteiger partial charge in [0, 0.05) is 6.54 Å². The molecule has 1 N–H and O–H groups in total. The van der Waals surface area contributed by atoms with Gasteiger partial charge in [-0.1, -0.05) is 24.3 Å². The lowest BCUT2D eigenvalue weighted by atomic mass is 10.1. The molecule has 1 aliphatic rings. The van der Waals surface area contributed by atoms with Crippen LogP contribution in [0, 0.1) is 5.92 Å². The van der Waals surface area contributed by atoms with Crippen LogP contribution in [-0.2, 0) is 11.3 Å². The van der Waals surface area contributed by atoms with Crippen molar-refractivity contribution in [3.63, 3.8) is 0 Å². The number of rotatable bonds is 4. The second-order valence-electron chi connectivity index (χ2n) is 4.77. The Morgan fingerprint density at radius 2 is 2.25 bits per heavy atom. The molecular formula is C13H17NO2. The number of benzene rings is 1. The van der Waals surface area contributed by atoms with Gasteiger partial charge in [-0.05, 0) is 37.6 Å². The zero-order valence-electron chi connectivity index (χ0n) is 9.68. The van der Waals surface area contributed by atoms with Crippen molar-refractivity contribution >= 4 is 5.97 Å². The maximum atomic E-state index is 10.8. The van der Waals surface area contributed by atoms with Crippen LogP contribution in [-0.4, -0.2) is 30.1 Å². The monoisotopic (exact) mass is 219 g/mol. The Morgan fingerprint density at radius 1 is 1.50 bits per heavy atom. The van der Waals surface area contributed by atoms with Gasteiger partial charge in [-0.15, -0.1) is 0 Å². The second-order valence-corrected chi connectivity index (χ2v) is 4.77. The topological polar surface area (TPSA) is 40.5 Å². The fraction of sp³-hybridized carbons (Fsp3) is 0.462. The van der Waals surface area contributed by atoms with Gasteiger partial charge in [-0.3, -0.25) is 4.79 Å². The fourth-order valence-electron chi connectivity index (χ4n) is 2.12. The summed E-state index contributed by atoms with van der Waals surface area (Å²) in [4.78, 5) is 12.9. The molecule has 0 amide bonds. The first-order valence-electron chi connectivity index (χ1n) is 5.54. The van der Waals surface area contributed by atoms with Gasteiger partial charge in [-0.2, -0.15) is 0 Å². The summed E-state index contributed by atoms with van der Waals surface area (Å²) in [6.45, 7) is 0.901. The number of carboxylic acids is 1. The Morgan fingerprint density at radius 3 is 2.81 bits per heavy atom. The van der Waals surface area contributed by atoms with Gasteiger partial charge in [0.25, 0.3) is 0 Å². The highest BCUT2D eigenvalue weighted by atomic mass is 16.4. The molecule has 0 aromatic heterocycles. The highest BCUT2D eigenvalue weighted by molar-refractivity contribution is 5.75. The largest absolute Gasteiger partial charge is 0.481 e. The quantitative estimate of drug-likeness (QED) is 0.841. The molecular weight excluding hydrogens is 202 g/mol. The van der Waals surface area contributed by atoms with E-state index in [1.54, 1.807) is 0 Å². The van der Waals surface area contributed by atoms with Crippen molar-refractivity contribution < 1.29 is 9.90 Å². The lowest BCUT2D eigenvalue weighted by Crippen LogP contribution is -2.10. The van der Waals surface area contributed by atoms with E-state index < -0.39 is 5.97 Å². The maximum Gasteiger partial charge on any atom is 0.307 e. The highest BCUT2D eigenvalue weighted by Crippen LogP contribution is 2.47. The summed E-state index contributed by atoms with van der Waals surface area (Å²) in [7, 11) is 4.06. The molecule has 1 saturated carbocycles. The zero-order valence-corrected chi connectivity index (χ0v) is 9.68. The molecule has 86 valence electrons. The van der Waals surface area contributed by atoms with Crippen LogP contribution in [0.3, 0.4) is 0 Å². The van der Waals surface area contributed by atoms with Gasteiger partial charge in [0.1, 0.15) is 0 Å². The molecule has 3 nitrogen and oxygen atoms in total. The van der Waals surface area contributed by atoms with Crippen molar-refractivity contribution in [3.8, 4) is 0 Å². The van der Waals surface area contributed by atoms with E-state index in [1.807, 2.05) is 26.2 Å². The van der Waals surface area contributed by atoms with E-state index >= 15 is 0 Å². The molecule has 0 radical (unpaired) electrons. The van der Waals surface area contributed by atoms with Crippen LogP contribution in [0.1, 0.15) is 23.5 Å². The lowest BCUT2D eigenvalue weighted by Gasteiger charge is -2.10. The van der Waals surface area contributed by atoms with Crippen molar-refractivity contribution in [1.29, 1.82) is 0 Å². The molecule has 0 unspecified atom stereocenters. The molecule has 2 rings (SSSR count). The normalized spacial score (nSPS) is 23.4. The van der Waals surface area contributed by atoms with E-state index in [2.05, 4.69) is 17.0 Å². The summed E-state index contributed by atoms with van der Waals surface area (Å²) < 4.78 is 0. The summed E-state index contributed by atoms with van der Waals surface area (Å²) in [6.07, 6.45) is 0.792. The summed E-state index contributed by atoms with van der Waals surface area (Å²) in [5.41, 5.74) is 2.42. The molecule has 0 heterocycles. The number of nitrogens with zero attached hydrogens (tertiary/aromatic N) is 1. The molecule has 3 heteroatoms. The molecule has 0 saturated heterocycles. The highest BCUT2D eigenvalue weighted by Gasteiger charge is 2.44. The molecule has 1 aromatic carbocycles. The van der Waals surface area contributed by atoms with E-state index in [0.717, 1.165) is 13.0 Å². The maximum absolute atomic E-state index is 10.8. The third-order valence-electron chi connectivity index (χ3n) is 2.99. The summed E-state index contributed by atoms with van der Waals surface area (Å²) >= 11 is 0. The Labute approximate surface area is 95.7 Å². The van der Waals surface area contributed by atoms with Crippen LogP contribution < -0.4 is 0 Å². The standard InChI is InChI=1S/C13H17NO2/c1-14(2)8-9-4-3-5-10(6-9)11-7-12(11)13(15)16/h3-6,11-12H,7-8H2,1-2H3,(H,15,16)/t11-,12+/m0/s1.